The van der Waals surface area contributed by atoms with E-state index in [0.717, 1.165) is 22.6 Å². The number of thiophene rings is 1. The van der Waals surface area contributed by atoms with E-state index in [1.54, 1.807) is 37.7 Å². The smallest absolute Gasteiger partial charge is 0.348 e. The third kappa shape index (κ3) is 4.66. The van der Waals surface area contributed by atoms with Crippen LogP contribution in [0.25, 0.3) is 6.08 Å². The second-order valence-electron chi connectivity index (χ2n) is 5.83. The molecule has 0 fully saturated rings. The highest BCUT2D eigenvalue weighted by Crippen LogP contribution is 2.34. The molecule has 9 heteroatoms. The number of nitrogens with zero attached hydrogens (tertiary/aromatic N) is 2. The van der Waals surface area contributed by atoms with Crippen LogP contribution in [0.3, 0.4) is 0 Å². The molecule has 0 unspecified atom stereocenters. The van der Waals surface area contributed by atoms with Gasteiger partial charge in [0.1, 0.15) is 9.88 Å². The van der Waals surface area contributed by atoms with E-state index < -0.39 is 17.8 Å². The van der Waals surface area contributed by atoms with Gasteiger partial charge < -0.3 is 14.8 Å². The minimum atomic E-state index is -0.603. The summed E-state index contributed by atoms with van der Waals surface area (Å²) in [6.45, 7) is 7.28. The molecule has 28 heavy (non-hydrogen) atoms. The van der Waals surface area contributed by atoms with Crippen molar-refractivity contribution in [1.29, 1.82) is 0 Å². The third-order valence-corrected chi connectivity index (χ3v) is 5.20. The molecule has 1 amide bonds. The lowest BCUT2D eigenvalue weighted by Gasteiger charge is -2.05. The van der Waals surface area contributed by atoms with Gasteiger partial charge in [0, 0.05) is 24.4 Å². The number of aryl methyl sites for hydroxylation is 1. The van der Waals surface area contributed by atoms with Crippen LogP contribution in [0.2, 0.25) is 0 Å². The molecule has 2 aromatic heterocycles. The second-order valence-corrected chi connectivity index (χ2v) is 6.85. The van der Waals surface area contributed by atoms with Crippen LogP contribution in [0.15, 0.2) is 12.3 Å². The van der Waals surface area contributed by atoms with Gasteiger partial charge in [-0.15, -0.1) is 11.3 Å². The van der Waals surface area contributed by atoms with Crippen LogP contribution in [-0.4, -0.2) is 40.8 Å². The molecule has 8 nitrogen and oxygen atoms in total. The summed E-state index contributed by atoms with van der Waals surface area (Å²) in [5.74, 6) is -1.59. The zero-order valence-electron chi connectivity index (χ0n) is 16.5. The standard InChI is InChI=1S/C19H23N3O5S/c1-6-26-18(24)15-11(3)16(19(25)27-7-2)28-17(15)21-14(23)9-8-13-10-20-22(5)12(13)4/h8-10H,6-7H2,1-5H3,(H,21,23)/b9-8+. The van der Waals surface area contributed by atoms with Gasteiger partial charge in [-0.3, -0.25) is 9.48 Å². The number of esters is 2. The molecule has 0 radical (unpaired) electrons. The molecule has 1 N–H and O–H groups in total. The quantitative estimate of drug-likeness (QED) is 0.561. The van der Waals surface area contributed by atoms with Gasteiger partial charge >= 0.3 is 11.9 Å². The first-order chi connectivity index (χ1) is 13.3. The Morgan fingerprint density at radius 2 is 1.82 bits per heavy atom. The number of anilines is 1. The van der Waals surface area contributed by atoms with Gasteiger partial charge in [-0.05, 0) is 39.3 Å². The fourth-order valence-electron chi connectivity index (χ4n) is 2.44. The predicted octanol–water partition coefficient (Wildman–Crippen LogP) is 3.10. The van der Waals surface area contributed by atoms with Crippen molar-refractivity contribution in [2.24, 2.45) is 7.05 Å². The largest absolute Gasteiger partial charge is 0.462 e. The summed E-state index contributed by atoms with van der Waals surface area (Å²) in [6.07, 6.45) is 4.63. The first kappa shape index (κ1) is 21.4. The lowest BCUT2D eigenvalue weighted by molar-refractivity contribution is -0.111. The summed E-state index contributed by atoms with van der Waals surface area (Å²) in [5, 5.41) is 7.02. The van der Waals surface area contributed by atoms with Crippen LogP contribution in [0.5, 0.6) is 0 Å². The Hall–Kier alpha value is -2.94. The molecule has 0 aliphatic carbocycles. The van der Waals surface area contributed by atoms with Gasteiger partial charge in [-0.2, -0.15) is 5.10 Å². The van der Waals surface area contributed by atoms with Crippen molar-refractivity contribution in [2.75, 3.05) is 18.5 Å². The summed E-state index contributed by atoms with van der Waals surface area (Å²) < 4.78 is 11.8. The first-order valence-corrected chi connectivity index (χ1v) is 9.57. The maximum atomic E-state index is 12.4. The Kier molecular flexibility index (Phi) is 7.11. The van der Waals surface area contributed by atoms with Gasteiger partial charge in [-0.1, -0.05) is 0 Å². The molecule has 0 aliphatic rings. The number of hydrogen-bond acceptors (Lipinski definition) is 7. The summed E-state index contributed by atoms with van der Waals surface area (Å²) in [6, 6.07) is 0. The number of amides is 1. The highest BCUT2D eigenvalue weighted by Gasteiger charge is 2.27. The molecule has 0 saturated heterocycles. The zero-order chi connectivity index (χ0) is 20.8. The molecular formula is C19H23N3O5S. The molecule has 0 aliphatic heterocycles. The average Bonchev–Trinajstić information content (AvgIpc) is 3.13. The molecule has 0 saturated carbocycles. The average molecular weight is 405 g/mol. The SMILES string of the molecule is CCOC(=O)c1sc(NC(=O)/C=C/c2cnn(C)c2C)c(C(=O)OCC)c1C. The normalized spacial score (nSPS) is 10.9. The fraction of sp³-hybridized carbons (Fsp3) is 0.368. The van der Waals surface area contributed by atoms with E-state index in [1.165, 1.54) is 6.08 Å². The summed E-state index contributed by atoms with van der Waals surface area (Å²) >= 11 is 0.988. The van der Waals surface area contributed by atoms with E-state index in [-0.39, 0.29) is 28.7 Å². The monoisotopic (exact) mass is 405 g/mol. The number of carbonyl (C=O) groups excluding carboxylic acids is 3. The highest BCUT2D eigenvalue weighted by molar-refractivity contribution is 7.18. The Balaban J connectivity index is 2.30. The molecule has 2 aromatic rings. The molecule has 0 bridgehead atoms. The van der Waals surface area contributed by atoms with E-state index >= 15 is 0 Å². The number of hydrogen-bond donors (Lipinski definition) is 1. The Labute approximate surface area is 167 Å². The van der Waals surface area contributed by atoms with Crippen LogP contribution in [0.1, 0.15) is 50.7 Å². The molecule has 2 rings (SSSR count). The van der Waals surface area contributed by atoms with Crippen molar-refractivity contribution in [3.8, 4) is 0 Å². The van der Waals surface area contributed by atoms with Crippen LogP contribution in [0, 0.1) is 13.8 Å². The molecular weight excluding hydrogens is 382 g/mol. The predicted molar refractivity (Wildman–Crippen MR) is 107 cm³/mol. The van der Waals surface area contributed by atoms with Crippen LogP contribution in [0.4, 0.5) is 5.00 Å². The van der Waals surface area contributed by atoms with Gasteiger partial charge in [-0.25, -0.2) is 9.59 Å². The summed E-state index contributed by atoms with van der Waals surface area (Å²) in [7, 11) is 1.81. The van der Waals surface area contributed by atoms with Crippen molar-refractivity contribution in [3.63, 3.8) is 0 Å². The Bertz CT molecular complexity index is 926. The van der Waals surface area contributed by atoms with Gasteiger partial charge in [0.25, 0.3) is 0 Å². The van der Waals surface area contributed by atoms with E-state index in [0.29, 0.717) is 5.56 Å². The van der Waals surface area contributed by atoms with Crippen LogP contribution < -0.4 is 5.32 Å². The Morgan fingerprint density at radius 3 is 2.39 bits per heavy atom. The van der Waals surface area contributed by atoms with E-state index in [1.807, 2.05) is 14.0 Å². The molecule has 150 valence electrons. The van der Waals surface area contributed by atoms with E-state index in [2.05, 4.69) is 10.4 Å². The third-order valence-electron chi connectivity index (χ3n) is 4.01. The number of carbonyl (C=O) groups is 3. The second kappa shape index (κ2) is 9.32. The fourth-order valence-corrected chi connectivity index (χ4v) is 3.53. The van der Waals surface area contributed by atoms with Crippen LogP contribution >= 0.6 is 11.3 Å². The van der Waals surface area contributed by atoms with Crippen molar-refractivity contribution in [2.45, 2.75) is 27.7 Å². The Morgan fingerprint density at radius 1 is 1.18 bits per heavy atom. The number of ether oxygens (including phenoxy) is 2. The minimum Gasteiger partial charge on any atom is -0.462 e. The number of rotatable bonds is 7. The summed E-state index contributed by atoms with van der Waals surface area (Å²) in [4.78, 5) is 37.1. The maximum Gasteiger partial charge on any atom is 0.348 e. The van der Waals surface area contributed by atoms with Crippen molar-refractivity contribution in [1.82, 2.24) is 9.78 Å². The van der Waals surface area contributed by atoms with Gasteiger partial charge in [0.15, 0.2) is 0 Å². The molecule has 2 heterocycles. The van der Waals surface area contributed by atoms with Crippen molar-refractivity contribution in [3.05, 3.63) is 39.5 Å². The minimum absolute atomic E-state index is 0.161. The lowest BCUT2D eigenvalue weighted by Crippen LogP contribution is -2.13. The first-order valence-electron chi connectivity index (χ1n) is 8.75. The topological polar surface area (TPSA) is 99.5 Å². The van der Waals surface area contributed by atoms with E-state index in [4.69, 9.17) is 9.47 Å². The molecule has 0 spiro atoms. The molecule has 0 aromatic carbocycles. The zero-order valence-corrected chi connectivity index (χ0v) is 17.3. The summed E-state index contributed by atoms with van der Waals surface area (Å²) in [5.41, 5.74) is 2.30. The number of nitrogens with one attached hydrogen (secondary N) is 1. The van der Waals surface area contributed by atoms with E-state index in [9.17, 15) is 14.4 Å². The lowest BCUT2D eigenvalue weighted by atomic mass is 10.1. The maximum absolute atomic E-state index is 12.4. The van der Waals surface area contributed by atoms with Crippen LogP contribution in [-0.2, 0) is 21.3 Å². The van der Waals surface area contributed by atoms with Crippen molar-refractivity contribution >= 4 is 40.3 Å². The van der Waals surface area contributed by atoms with Gasteiger partial charge in [0.05, 0.1) is 25.0 Å². The number of aromatic nitrogens is 2. The van der Waals surface area contributed by atoms with Gasteiger partial charge in [0.2, 0.25) is 5.91 Å². The van der Waals surface area contributed by atoms with Crippen molar-refractivity contribution < 1.29 is 23.9 Å². The highest BCUT2D eigenvalue weighted by atomic mass is 32.1. The molecule has 0 atom stereocenters.